The third-order valence-electron chi connectivity index (χ3n) is 6.04. The first-order chi connectivity index (χ1) is 15.2. The number of H-pyrrole nitrogens is 1. The molecule has 0 aliphatic heterocycles. The maximum atomic E-state index is 11.1. The van der Waals surface area contributed by atoms with Crippen molar-refractivity contribution in [3.8, 4) is 28.1 Å². The van der Waals surface area contributed by atoms with Crippen molar-refractivity contribution >= 4 is 0 Å². The number of phenolic OH excluding ortho intramolecular Hbond substituents is 1. The number of aryl methyl sites for hydroxylation is 2. The predicted molar refractivity (Wildman–Crippen MR) is 129 cm³/mol. The van der Waals surface area contributed by atoms with Crippen molar-refractivity contribution in [1.82, 2.24) is 15.4 Å². The largest absolute Gasteiger partial charge is 0.507 e. The number of unbranched alkanes of at least 4 members (excludes halogenated alkanes) is 9. The molecule has 0 unspecified atom stereocenters. The Morgan fingerprint density at radius 1 is 0.806 bits per heavy atom. The number of hydrogen-bond acceptors (Lipinski definition) is 3. The minimum Gasteiger partial charge on any atom is -0.507 e. The highest BCUT2D eigenvalue weighted by Gasteiger charge is 2.15. The van der Waals surface area contributed by atoms with Gasteiger partial charge in [-0.2, -0.15) is 15.4 Å². The van der Waals surface area contributed by atoms with E-state index in [1.165, 1.54) is 63.4 Å². The molecular weight excluding hydrogens is 382 g/mol. The Labute approximate surface area is 187 Å². The lowest BCUT2D eigenvalue weighted by Crippen LogP contribution is -1.93. The molecule has 0 radical (unpaired) electrons. The number of rotatable bonds is 13. The zero-order chi connectivity index (χ0) is 21.9. The highest BCUT2D eigenvalue weighted by Crippen LogP contribution is 2.39. The summed E-state index contributed by atoms with van der Waals surface area (Å²) >= 11 is 0. The van der Waals surface area contributed by atoms with Gasteiger partial charge >= 0.3 is 0 Å². The van der Waals surface area contributed by atoms with E-state index < -0.39 is 0 Å². The van der Waals surface area contributed by atoms with Crippen LogP contribution in [0.1, 0.15) is 82.3 Å². The molecule has 0 aliphatic rings. The van der Waals surface area contributed by atoms with Gasteiger partial charge in [0.1, 0.15) is 11.4 Å². The molecule has 4 nitrogen and oxygen atoms in total. The van der Waals surface area contributed by atoms with Gasteiger partial charge in [0, 0.05) is 11.1 Å². The zero-order valence-corrected chi connectivity index (χ0v) is 19.2. The summed E-state index contributed by atoms with van der Waals surface area (Å²) in [4.78, 5) is 0. The molecule has 0 saturated carbocycles. The first-order valence-electron chi connectivity index (χ1n) is 12.0. The van der Waals surface area contributed by atoms with Crippen LogP contribution in [0.25, 0.3) is 22.4 Å². The molecule has 2 aromatic carbocycles. The Hall–Kier alpha value is -2.62. The van der Waals surface area contributed by atoms with E-state index in [0.717, 1.165) is 40.8 Å². The number of aromatic amines is 1. The maximum absolute atomic E-state index is 11.1. The molecule has 1 aromatic heterocycles. The second-order valence-corrected chi connectivity index (χ2v) is 8.65. The van der Waals surface area contributed by atoms with Crippen molar-refractivity contribution in [3.63, 3.8) is 0 Å². The Kier molecular flexibility index (Phi) is 9.14. The smallest absolute Gasteiger partial charge is 0.126 e. The molecule has 3 rings (SSSR count). The Bertz CT molecular complexity index is 918. The third-order valence-corrected chi connectivity index (χ3v) is 6.04. The SMILES string of the molecule is CCCCCCCCCCCCc1cc(C)cc(-c2ccccc2-c2cn[nH]n2)c1O. The van der Waals surface area contributed by atoms with Crippen LogP contribution in [0.5, 0.6) is 5.75 Å². The molecule has 0 fully saturated rings. The second-order valence-electron chi connectivity index (χ2n) is 8.65. The number of aromatic hydroxyl groups is 1. The average molecular weight is 420 g/mol. The Morgan fingerprint density at radius 3 is 2.10 bits per heavy atom. The Morgan fingerprint density at radius 2 is 1.45 bits per heavy atom. The van der Waals surface area contributed by atoms with E-state index >= 15 is 0 Å². The van der Waals surface area contributed by atoms with Gasteiger partial charge in [0.15, 0.2) is 0 Å². The third kappa shape index (κ3) is 6.68. The molecule has 0 saturated heterocycles. The molecule has 0 amide bonds. The number of nitrogens with one attached hydrogen (secondary N) is 1. The van der Waals surface area contributed by atoms with Crippen LogP contribution >= 0.6 is 0 Å². The van der Waals surface area contributed by atoms with Crippen molar-refractivity contribution in [1.29, 1.82) is 0 Å². The van der Waals surface area contributed by atoms with Gasteiger partial charge in [-0.15, -0.1) is 0 Å². The predicted octanol–water partition coefficient (Wildman–Crippen LogP) is 7.62. The monoisotopic (exact) mass is 419 g/mol. The lowest BCUT2D eigenvalue weighted by atomic mass is 9.92. The van der Waals surface area contributed by atoms with Gasteiger partial charge in [-0.25, -0.2) is 0 Å². The molecule has 31 heavy (non-hydrogen) atoms. The molecular formula is C27H37N3O. The highest BCUT2D eigenvalue weighted by atomic mass is 16.3. The molecule has 0 bridgehead atoms. The fourth-order valence-electron chi connectivity index (χ4n) is 4.33. The van der Waals surface area contributed by atoms with Gasteiger partial charge in [-0.3, -0.25) is 0 Å². The van der Waals surface area contributed by atoms with Gasteiger partial charge in [-0.1, -0.05) is 95.0 Å². The molecule has 3 aromatic rings. The summed E-state index contributed by atoms with van der Waals surface area (Å²) in [5.41, 5.74) is 5.84. The van der Waals surface area contributed by atoms with Gasteiger partial charge in [0.2, 0.25) is 0 Å². The normalized spacial score (nSPS) is 11.2. The van der Waals surface area contributed by atoms with Crippen molar-refractivity contribution in [3.05, 3.63) is 53.7 Å². The van der Waals surface area contributed by atoms with Crippen molar-refractivity contribution in [2.45, 2.75) is 84.5 Å². The fraction of sp³-hybridized carbons (Fsp3) is 0.481. The van der Waals surface area contributed by atoms with Crippen LogP contribution in [-0.2, 0) is 6.42 Å². The van der Waals surface area contributed by atoms with Crippen LogP contribution in [0.4, 0.5) is 0 Å². The minimum absolute atomic E-state index is 0.400. The van der Waals surface area contributed by atoms with E-state index in [2.05, 4.69) is 41.4 Å². The Balaban J connectivity index is 1.59. The van der Waals surface area contributed by atoms with Gasteiger partial charge in [0.05, 0.1) is 6.20 Å². The lowest BCUT2D eigenvalue weighted by molar-refractivity contribution is 0.467. The summed E-state index contributed by atoms with van der Waals surface area (Å²) < 4.78 is 0. The summed E-state index contributed by atoms with van der Waals surface area (Å²) in [6, 6.07) is 12.3. The van der Waals surface area contributed by atoms with E-state index in [4.69, 9.17) is 0 Å². The van der Waals surface area contributed by atoms with Crippen molar-refractivity contribution < 1.29 is 5.11 Å². The quantitative estimate of drug-likeness (QED) is 0.280. The summed E-state index contributed by atoms with van der Waals surface area (Å²) in [6.07, 6.45) is 15.9. The molecule has 1 heterocycles. The molecule has 4 heteroatoms. The fourth-order valence-corrected chi connectivity index (χ4v) is 4.33. The summed E-state index contributed by atoms with van der Waals surface area (Å²) in [6.45, 7) is 4.37. The number of aromatic nitrogens is 3. The molecule has 0 atom stereocenters. The number of benzene rings is 2. The number of nitrogens with zero attached hydrogens (tertiary/aromatic N) is 2. The molecule has 166 valence electrons. The number of phenols is 1. The molecule has 2 N–H and O–H groups in total. The summed E-state index contributed by atoms with van der Waals surface area (Å²) in [5, 5.41) is 21.9. The first kappa shape index (κ1) is 23.1. The maximum Gasteiger partial charge on any atom is 0.126 e. The van der Waals surface area contributed by atoms with Crippen LogP contribution in [0.3, 0.4) is 0 Å². The van der Waals surface area contributed by atoms with Crippen LogP contribution in [0, 0.1) is 6.92 Å². The molecule has 0 aliphatic carbocycles. The van der Waals surface area contributed by atoms with Gasteiger partial charge in [0.25, 0.3) is 0 Å². The van der Waals surface area contributed by atoms with Gasteiger partial charge < -0.3 is 5.11 Å². The van der Waals surface area contributed by atoms with E-state index in [9.17, 15) is 5.11 Å². The highest BCUT2D eigenvalue weighted by molar-refractivity contribution is 5.85. The number of hydrogen-bond donors (Lipinski definition) is 2. The van der Waals surface area contributed by atoms with E-state index in [-0.39, 0.29) is 0 Å². The second kappa shape index (κ2) is 12.3. The van der Waals surface area contributed by atoms with Crippen LogP contribution in [-0.4, -0.2) is 20.5 Å². The topological polar surface area (TPSA) is 61.8 Å². The average Bonchev–Trinajstić information content (AvgIpc) is 3.32. The van der Waals surface area contributed by atoms with Crippen LogP contribution in [0.2, 0.25) is 0 Å². The summed E-state index contributed by atoms with van der Waals surface area (Å²) in [7, 11) is 0. The van der Waals surface area contributed by atoms with Crippen LogP contribution < -0.4 is 0 Å². The first-order valence-corrected chi connectivity index (χ1v) is 12.0. The van der Waals surface area contributed by atoms with Crippen LogP contribution in [0.15, 0.2) is 42.6 Å². The van der Waals surface area contributed by atoms with Crippen molar-refractivity contribution in [2.24, 2.45) is 0 Å². The van der Waals surface area contributed by atoms with E-state index in [1.54, 1.807) is 6.20 Å². The van der Waals surface area contributed by atoms with E-state index in [1.807, 2.05) is 24.3 Å². The molecule has 0 spiro atoms. The standard InChI is InChI=1S/C27H37N3O/c1-3-4-5-6-7-8-9-10-11-12-15-22-18-21(2)19-25(27(22)31)23-16-13-14-17-24(23)26-20-28-30-29-26/h13-14,16-20,31H,3-12,15H2,1-2H3,(H,28,29,30). The lowest BCUT2D eigenvalue weighted by Gasteiger charge is -2.14. The van der Waals surface area contributed by atoms with Crippen molar-refractivity contribution in [2.75, 3.05) is 0 Å². The van der Waals surface area contributed by atoms with Gasteiger partial charge in [-0.05, 0) is 42.5 Å². The minimum atomic E-state index is 0.400. The zero-order valence-electron chi connectivity index (χ0n) is 19.2. The van der Waals surface area contributed by atoms with E-state index in [0.29, 0.717) is 5.75 Å². The summed E-state index contributed by atoms with van der Waals surface area (Å²) in [5.74, 6) is 0.400.